The maximum Gasteiger partial charge on any atom is 0.220 e. The maximum atomic E-state index is 13.4. The number of rotatable bonds is 64. The van der Waals surface area contributed by atoms with Gasteiger partial charge in [-0.2, -0.15) is 0 Å². The highest BCUT2D eigenvalue weighted by Crippen LogP contribution is 2.33. The van der Waals surface area contributed by atoms with Gasteiger partial charge in [-0.1, -0.05) is 321 Å². The van der Waals surface area contributed by atoms with Crippen LogP contribution >= 0.6 is 0 Å². The van der Waals surface area contributed by atoms with Gasteiger partial charge in [-0.25, -0.2) is 0 Å². The average Bonchev–Trinajstić information content (AvgIpc) is 0.791. The van der Waals surface area contributed by atoms with E-state index < -0.39 is 124 Å². The summed E-state index contributed by atoms with van der Waals surface area (Å²) in [6.07, 6.45) is 45.2. The normalized spacial score (nSPS) is 27.0. The minimum absolute atomic E-state index is 0.241. The van der Waals surface area contributed by atoms with Crippen molar-refractivity contribution in [3.8, 4) is 0 Å². The summed E-state index contributed by atoms with van der Waals surface area (Å²) in [5.74, 6) is -0.280. The van der Waals surface area contributed by atoms with Crippen molar-refractivity contribution in [3.63, 3.8) is 0 Å². The van der Waals surface area contributed by atoms with E-state index in [2.05, 4.69) is 31.3 Å². The molecule has 1 amide bonds. The third-order valence-corrected chi connectivity index (χ3v) is 20.3. The summed E-state index contributed by atoms with van der Waals surface area (Å²) in [6.45, 7) is 1.73. The summed E-state index contributed by atoms with van der Waals surface area (Å²) in [7, 11) is 0. The molecule has 0 aromatic rings. The van der Waals surface area contributed by atoms with Gasteiger partial charge >= 0.3 is 0 Å². The lowest BCUT2D eigenvalue weighted by atomic mass is 9.96. The first kappa shape index (κ1) is 89.5. The van der Waals surface area contributed by atoms with E-state index >= 15 is 0 Å². The van der Waals surface area contributed by atoms with Gasteiger partial charge in [0.15, 0.2) is 18.9 Å². The van der Waals surface area contributed by atoms with Crippen molar-refractivity contribution in [2.24, 2.45) is 0 Å². The van der Waals surface area contributed by atoms with Gasteiger partial charge in [-0.3, -0.25) is 4.79 Å². The largest absolute Gasteiger partial charge is 0.394 e. The fourth-order valence-corrected chi connectivity index (χ4v) is 13.8. The van der Waals surface area contributed by atoms with Crippen molar-refractivity contribution in [1.82, 2.24) is 5.32 Å². The van der Waals surface area contributed by atoms with E-state index in [0.717, 1.165) is 38.5 Å². The number of nitrogens with one attached hydrogen (secondary N) is 1. The molecule has 19 heteroatoms. The first-order chi connectivity index (χ1) is 47.3. The minimum Gasteiger partial charge on any atom is -0.394 e. The molecule has 12 N–H and O–H groups in total. The van der Waals surface area contributed by atoms with Crippen LogP contribution in [0.3, 0.4) is 0 Å². The van der Waals surface area contributed by atoms with Gasteiger partial charge in [0, 0.05) is 6.42 Å². The number of allylic oxidation sites excluding steroid dienone is 3. The van der Waals surface area contributed by atoms with E-state index in [1.165, 1.54) is 263 Å². The number of unbranched alkanes of at least 4 members (excludes halogenated alkanes) is 46. The summed E-state index contributed by atoms with van der Waals surface area (Å²) < 4.78 is 34.3. The molecule has 17 unspecified atom stereocenters. The Morgan fingerprint density at radius 1 is 0.361 bits per heavy atom. The van der Waals surface area contributed by atoms with Crippen molar-refractivity contribution in [3.05, 3.63) is 24.3 Å². The van der Waals surface area contributed by atoms with Crippen LogP contribution in [-0.4, -0.2) is 193 Å². The molecule has 0 aromatic heterocycles. The van der Waals surface area contributed by atoms with Crippen LogP contribution in [0.5, 0.6) is 0 Å². The summed E-state index contributed by atoms with van der Waals surface area (Å²) >= 11 is 0. The van der Waals surface area contributed by atoms with E-state index in [0.29, 0.717) is 12.8 Å². The number of amides is 1. The van der Waals surface area contributed by atoms with Crippen LogP contribution in [0.4, 0.5) is 0 Å². The molecular formula is C78H147NO18. The molecule has 3 rings (SSSR count). The van der Waals surface area contributed by atoms with Crippen molar-refractivity contribution in [2.75, 3.05) is 26.4 Å². The number of carbonyl (C=O) groups excluding carboxylic acids is 1. The molecule has 97 heavy (non-hydrogen) atoms. The molecule has 3 aliphatic heterocycles. The van der Waals surface area contributed by atoms with E-state index in [4.69, 9.17) is 28.4 Å². The second-order valence-corrected chi connectivity index (χ2v) is 28.9. The molecule has 572 valence electrons. The standard InChI is InChI=1S/C78H147NO18/c1-3-5-7-9-11-13-15-17-18-19-20-21-22-23-24-25-26-27-28-29-30-31-32-33-34-35-36-37-38-39-40-41-42-43-44-46-48-50-52-54-56-66(84)79-61(62(83)55-53-51-49-47-45-16-14-12-10-8-6-4-2)60-92-76-72(90)69(87)74(64(58-81)94-76)97-78-73(91)70(88)75(65(59-82)95-78)96-77-71(89)68(86)67(85)63(57-80)93-77/h45,47,53,55,61-65,67-78,80-83,85-91H,3-44,46,48-52,54,56-60H2,1-2H3,(H,79,84)/b47-45+,55-53+. The lowest BCUT2D eigenvalue weighted by Crippen LogP contribution is -2.66. The predicted molar refractivity (Wildman–Crippen MR) is 383 cm³/mol. The summed E-state index contributed by atoms with van der Waals surface area (Å²) in [5, 5.41) is 120. The van der Waals surface area contributed by atoms with Crippen molar-refractivity contribution >= 4 is 5.91 Å². The fraction of sp³-hybridized carbons (Fsp3) is 0.936. The highest BCUT2D eigenvalue weighted by molar-refractivity contribution is 5.76. The third-order valence-electron chi connectivity index (χ3n) is 20.3. The molecule has 3 fully saturated rings. The molecule has 0 saturated carbocycles. The molecular weight excluding hydrogens is 1240 g/mol. The Bertz CT molecular complexity index is 1850. The highest BCUT2D eigenvalue weighted by atomic mass is 16.8. The van der Waals surface area contributed by atoms with Gasteiger partial charge in [0.2, 0.25) is 5.91 Å². The van der Waals surface area contributed by atoms with Gasteiger partial charge < -0.3 is 89.9 Å². The van der Waals surface area contributed by atoms with Crippen molar-refractivity contribution in [1.29, 1.82) is 0 Å². The van der Waals surface area contributed by atoms with Crippen molar-refractivity contribution in [2.45, 2.75) is 439 Å². The topological polar surface area (TPSA) is 307 Å². The Morgan fingerprint density at radius 3 is 1.03 bits per heavy atom. The van der Waals surface area contributed by atoms with Gasteiger partial charge in [0.05, 0.1) is 38.6 Å². The summed E-state index contributed by atoms with van der Waals surface area (Å²) in [6, 6.07) is -0.986. The van der Waals surface area contributed by atoms with Crippen LogP contribution in [0, 0.1) is 0 Å². The monoisotopic (exact) mass is 1390 g/mol. The first-order valence-corrected chi connectivity index (χ1v) is 40.1. The fourth-order valence-electron chi connectivity index (χ4n) is 13.8. The second kappa shape index (κ2) is 59.6. The van der Waals surface area contributed by atoms with Crippen LogP contribution in [-0.2, 0) is 33.2 Å². The Balaban J connectivity index is 1.26. The lowest BCUT2D eigenvalue weighted by molar-refractivity contribution is -0.379. The number of hydrogen-bond acceptors (Lipinski definition) is 18. The van der Waals surface area contributed by atoms with Crippen LogP contribution in [0.25, 0.3) is 0 Å². The van der Waals surface area contributed by atoms with Gasteiger partial charge in [-0.05, 0) is 32.1 Å². The minimum atomic E-state index is -1.98. The zero-order valence-electron chi connectivity index (χ0n) is 61.1. The molecule has 0 spiro atoms. The Morgan fingerprint density at radius 2 is 0.660 bits per heavy atom. The summed E-state index contributed by atoms with van der Waals surface area (Å²) in [4.78, 5) is 13.4. The lowest BCUT2D eigenvalue weighted by Gasteiger charge is -2.48. The van der Waals surface area contributed by atoms with Gasteiger partial charge in [0.25, 0.3) is 0 Å². The smallest absolute Gasteiger partial charge is 0.220 e. The van der Waals surface area contributed by atoms with Crippen LogP contribution in [0.1, 0.15) is 335 Å². The zero-order chi connectivity index (χ0) is 70.4. The van der Waals surface area contributed by atoms with Crippen LogP contribution < -0.4 is 5.32 Å². The van der Waals surface area contributed by atoms with E-state index in [1.54, 1.807) is 6.08 Å². The quantitative estimate of drug-likeness (QED) is 0.0199. The molecule has 3 saturated heterocycles. The molecule has 0 radical (unpaired) electrons. The van der Waals surface area contributed by atoms with E-state index in [1.807, 2.05) is 6.08 Å². The number of hydrogen-bond donors (Lipinski definition) is 12. The number of aliphatic hydroxyl groups is 11. The van der Waals surface area contributed by atoms with Crippen LogP contribution in [0.15, 0.2) is 24.3 Å². The Hall–Kier alpha value is -1.73. The van der Waals surface area contributed by atoms with Crippen molar-refractivity contribution < 1.29 is 89.4 Å². The average molecular weight is 1390 g/mol. The number of carbonyl (C=O) groups is 1. The van der Waals surface area contributed by atoms with Crippen LogP contribution in [0.2, 0.25) is 0 Å². The maximum absolute atomic E-state index is 13.4. The zero-order valence-corrected chi connectivity index (χ0v) is 61.1. The predicted octanol–water partition coefficient (Wildman–Crippen LogP) is 13.0. The number of aliphatic hydroxyl groups excluding tert-OH is 11. The van der Waals surface area contributed by atoms with E-state index in [-0.39, 0.29) is 18.9 Å². The molecule has 0 bridgehead atoms. The van der Waals surface area contributed by atoms with Gasteiger partial charge in [0.1, 0.15) is 73.2 Å². The molecule has 0 aliphatic carbocycles. The SMILES string of the molecule is CCCCCCCC/C=C/CC/C=C/C(O)C(COC1OC(CO)C(OC2OC(CO)C(OC3OC(CO)C(O)C(O)C3O)C(O)C2O)C(O)C1O)NC(=O)CCCCCCCCCCCCCCCCCCCCCCCCCCCCCCCCCCCCCCCCCC. The molecule has 17 atom stereocenters. The van der Waals surface area contributed by atoms with E-state index in [9.17, 15) is 61.0 Å². The van der Waals surface area contributed by atoms with Gasteiger partial charge in [-0.15, -0.1) is 0 Å². The number of ether oxygens (including phenoxy) is 6. The Labute approximate surface area is 588 Å². The molecule has 19 nitrogen and oxygen atoms in total. The summed E-state index contributed by atoms with van der Waals surface area (Å²) in [5.41, 5.74) is 0. The molecule has 3 aliphatic rings. The third kappa shape index (κ3) is 40.2. The first-order valence-electron chi connectivity index (χ1n) is 40.1. The molecule has 3 heterocycles. The highest BCUT2D eigenvalue weighted by Gasteiger charge is 2.54. The molecule has 0 aromatic carbocycles. The second-order valence-electron chi connectivity index (χ2n) is 28.9. The Kier molecular flexibility index (Phi) is 55.0.